The fourth-order valence-electron chi connectivity index (χ4n) is 2.33. The topological polar surface area (TPSA) is 33.1 Å². The summed E-state index contributed by atoms with van der Waals surface area (Å²) in [5.41, 5.74) is 3.32. The highest BCUT2D eigenvalue weighted by atomic mass is 16.3. The Morgan fingerprint density at radius 3 is 2.63 bits per heavy atom. The lowest BCUT2D eigenvalue weighted by molar-refractivity contribution is 0.159. The molecule has 0 aliphatic rings. The summed E-state index contributed by atoms with van der Waals surface area (Å²) in [6.45, 7) is 2.09. The second-order valence-corrected chi connectivity index (χ2v) is 4.79. The normalized spacial score (nSPS) is 12.3. The van der Waals surface area contributed by atoms with Crippen molar-refractivity contribution in [3.8, 4) is 0 Å². The van der Waals surface area contributed by atoms with Crippen molar-refractivity contribution < 1.29 is 5.11 Å². The molecule has 0 radical (unpaired) electrons. The molecule has 0 bridgehead atoms. The summed E-state index contributed by atoms with van der Waals surface area (Å²) in [5.74, 6) is 0. The van der Waals surface area contributed by atoms with Gasteiger partial charge in [0.1, 0.15) is 0 Å². The fraction of sp³-hybridized carbons (Fsp3) is 0.353. The quantitative estimate of drug-likeness (QED) is 0.853. The molecular weight excluding hydrogens is 234 g/mol. The molecule has 100 valence electrons. The van der Waals surface area contributed by atoms with Crippen LogP contribution in [0.5, 0.6) is 0 Å². The first-order valence-electron chi connectivity index (χ1n) is 6.97. The van der Waals surface area contributed by atoms with Gasteiger partial charge in [-0.05, 0) is 42.9 Å². The monoisotopic (exact) mass is 255 g/mol. The number of aromatic nitrogens is 1. The van der Waals surface area contributed by atoms with Crippen LogP contribution in [0.4, 0.5) is 0 Å². The second-order valence-electron chi connectivity index (χ2n) is 4.79. The second kappa shape index (κ2) is 7.05. The van der Waals surface area contributed by atoms with Crippen LogP contribution in [-0.2, 0) is 12.8 Å². The van der Waals surface area contributed by atoms with E-state index in [9.17, 15) is 5.11 Å². The van der Waals surface area contributed by atoms with Crippen molar-refractivity contribution in [3.05, 3.63) is 65.5 Å². The van der Waals surface area contributed by atoms with Crippen LogP contribution in [0.1, 0.15) is 42.7 Å². The van der Waals surface area contributed by atoms with Gasteiger partial charge in [0.25, 0.3) is 0 Å². The fourth-order valence-corrected chi connectivity index (χ4v) is 2.33. The number of aliphatic hydroxyl groups excluding tert-OH is 1. The summed E-state index contributed by atoms with van der Waals surface area (Å²) in [5, 5.41) is 10.2. The van der Waals surface area contributed by atoms with E-state index in [1.54, 1.807) is 6.20 Å². The lowest BCUT2D eigenvalue weighted by Gasteiger charge is -2.13. The first-order chi connectivity index (χ1) is 9.31. The van der Waals surface area contributed by atoms with Gasteiger partial charge in [-0.2, -0.15) is 0 Å². The summed E-state index contributed by atoms with van der Waals surface area (Å²) >= 11 is 0. The Labute approximate surface area is 115 Å². The third kappa shape index (κ3) is 3.90. The van der Waals surface area contributed by atoms with E-state index in [0.717, 1.165) is 36.9 Å². The van der Waals surface area contributed by atoms with Gasteiger partial charge in [-0.3, -0.25) is 4.98 Å². The van der Waals surface area contributed by atoms with Crippen LogP contribution in [0, 0.1) is 0 Å². The molecular formula is C17H21NO. The summed E-state index contributed by atoms with van der Waals surface area (Å²) in [6, 6.07) is 14.4. The molecule has 1 aromatic carbocycles. The zero-order valence-electron chi connectivity index (χ0n) is 11.4. The van der Waals surface area contributed by atoms with Crippen molar-refractivity contribution in [1.29, 1.82) is 0 Å². The van der Waals surface area contributed by atoms with Crippen LogP contribution in [0.15, 0.2) is 48.7 Å². The van der Waals surface area contributed by atoms with E-state index in [-0.39, 0.29) is 0 Å². The van der Waals surface area contributed by atoms with Crippen molar-refractivity contribution >= 4 is 0 Å². The number of benzene rings is 1. The molecule has 0 spiro atoms. The van der Waals surface area contributed by atoms with Gasteiger partial charge in [0.15, 0.2) is 0 Å². The van der Waals surface area contributed by atoms with Gasteiger partial charge in [0.2, 0.25) is 0 Å². The zero-order chi connectivity index (χ0) is 13.5. The van der Waals surface area contributed by atoms with Crippen LogP contribution in [0.25, 0.3) is 0 Å². The van der Waals surface area contributed by atoms with E-state index >= 15 is 0 Å². The maximum Gasteiger partial charge on any atom is 0.0962 e. The van der Waals surface area contributed by atoms with Gasteiger partial charge in [0.05, 0.1) is 11.8 Å². The largest absolute Gasteiger partial charge is 0.387 e. The van der Waals surface area contributed by atoms with Gasteiger partial charge in [-0.15, -0.1) is 0 Å². The molecule has 0 amide bonds. The Bertz CT molecular complexity index is 496. The molecule has 1 N–H and O–H groups in total. The molecule has 1 aromatic heterocycles. The van der Waals surface area contributed by atoms with E-state index in [2.05, 4.69) is 36.2 Å². The molecule has 1 unspecified atom stereocenters. The van der Waals surface area contributed by atoms with Crippen molar-refractivity contribution in [2.24, 2.45) is 0 Å². The maximum absolute atomic E-state index is 10.2. The Hall–Kier alpha value is -1.67. The molecule has 19 heavy (non-hydrogen) atoms. The molecule has 2 aromatic rings. The molecule has 2 rings (SSSR count). The predicted molar refractivity (Wildman–Crippen MR) is 78.0 cm³/mol. The SMILES string of the molecule is CCc1cccnc1C(O)CCCc1ccccc1. The molecule has 1 atom stereocenters. The lowest BCUT2D eigenvalue weighted by atomic mass is 10.0. The average molecular weight is 255 g/mol. The van der Waals surface area contributed by atoms with Gasteiger partial charge < -0.3 is 5.11 Å². The molecule has 0 aliphatic heterocycles. The number of aryl methyl sites for hydroxylation is 2. The summed E-state index contributed by atoms with van der Waals surface area (Å²) in [4.78, 5) is 4.33. The maximum atomic E-state index is 10.2. The minimum absolute atomic E-state index is 0.445. The van der Waals surface area contributed by atoms with Gasteiger partial charge in [0, 0.05) is 6.20 Å². The van der Waals surface area contributed by atoms with Crippen LogP contribution < -0.4 is 0 Å². The minimum atomic E-state index is -0.445. The first-order valence-corrected chi connectivity index (χ1v) is 6.97. The summed E-state index contributed by atoms with van der Waals surface area (Å²) in [6.07, 6.45) is 4.98. The van der Waals surface area contributed by atoms with Crippen molar-refractivity contribution in [2.75, 3.05) is 0 Å². The Morgan fingerprint density at radius 2 is 1.89 bits per heavy atom. The van der Waals surface area contributed by atoms with E-state index in [1.807, 2.05) is 18.2 Å². The Balaban J connectivity index is 1.89. The first kappa shape index (κ1) is 13.8. The minimum Gasteiger partial charge on any atom is -0.387 e. The Morgan fingerprint density at radius 1 is 1.11 bits per heavy atom. The lowest BCUT2D eigenvalue weighted by Crippen LogP contribution is -2.05. The van der Waals surface area contributed by atoms with Crippen LogP contribution in [-0.4, -0.2) is 10.1 Å². The number of hydrogen-bond donors (Lipinski definition) is 1. The molecule has 0 fully saturated rings. The molecule has 0 aliphatic carbocycles. The van der Waals surface area contributed by atoms with Crippen LogP contribution >= 0.6 is 0 Å². The van der Waals surface area contributed by atoms with Crippen molar-refractivity contribution in [3.63, 3.8) is 0 Å². The van der Waals surface area contributed by atoms with Crippen LogP contribution in [0.2, 0.25) is 0 Å². The van der Waals surface area contributed by atoms with Gasteiger partial charge in [-0.1, -0.05) is 43.3 Å². The number of pyridine rings is 1. The summed E-state index contributed by atoms with van der Waals surface area (Å²) < 4.78 is 0. The van der Waals surface area contributed by atoms with Gasteiger partial charge >= 0.3 is 0 Å². The highest BCUT2D eigenvalue weighted by Gasteiger charge is 2.12. The third-order valence-corrected chi connectivity index (χ3v) is 3.41. The average Bonchev–Trinajstić information content (AvgIpc) is 2.48. The Kier molecular flexibility index (Phi) is 5.10. The molecule has 1 heterocycles. The van der Waals surface area contributed by atoms with E-state index < -0.39 is 6.10 Å². The van der Waals surface area contributed by atoms with E-state index in [1.165, 1.54) is 5.56 Å². The van der Waals surface area contributed by atoms with Crippen molar-refractivity contribution in [2.45, 2.75) is 38.7 Å². The number of rotatable bonds is 6. The standard InChI is InChI=1S/C17H21NO/c1-2-15-11-7-13-18-17(15)16(19)12-6-10-14-8-4-3-5-9-14/h3-5,7-9,11,13,16,19H,2,6,10,12H2,1H3. The van der Waals surface area contributed by atoms with Crippen molar-refractivity contribution in [1.82, 2.24) is 4.98 Å². The summed E-state index contributed by atoms with van der Waals surface area (Å²) in [7, 11) is 0. The van der Waals surface area contributed by atoms with Gasteiger partial charge in [-0.25, -0.2) is 0 Å². The number of aliphatic hydroxyl groups is 1. The van der Waals surface area contributed by atoms with Crippen LogP contribution in [0.3, 0.4) is 0 Å². The molecule has 2 nitrogen and oxygen atoms in total. The highest BCUT2D eigenvalue weighted by molar-refractivity contribution is 5.21. The number of hydrogen-bond acceptors (Lipinski definition) is 2. The van der Waals surface area contributed by atoms with E-state index in [4.69, 9.17) is 0 Å². The third-order valence-electron chi connectivity index (χ3n) is 3.41. The smallest absolute Gasteiger partial charge is 0.0962 e. The number of nitrogens with zero attached hydrogens (tertiary/aromatic N) is 1. The van der Waals surface area contributed by atoms with E-state index in [0.29, 0.717) is 0 Å². The zero-order valence-corrected chi connectivity index (χ0v) is 11.4. The molecule has 0 saturated carbocycles. The highest BCUT2D eigenvalue weighted by Crippen LogP contribution is 2.21. The molecule has 2 heteroatoms. The predicted octanol–water partition coefficient (Wildman–Crippen LogP) is 3.70. The molecule has 0 saturated heterocycles.